The van der Waals surface area contributed by atoms with E-state index in [-0.39, 0.29) is 11.3 Å². The molecule has 0 aromatic heterocycles. The third-order valence-corrected chi connectivity index (χ3v) is 7.88. The fourth-order valence-electron chi connectivity index (χ4n) is 6.96. The lowest BCUT2D eigenvalue weighted by atomic mass is 9.42. The van der Waals surface area contributed by atoms with E-state index in [2.05, 4.69) is 59.9 Å². The van der Waals surface area contributed by atoms with Crippen LogP contribution in [0.5, 0.6) is 0 Å². The molecule has 2 aromatic rings. The van der Waals surface area contributed by atoms with Crippen molar-refractivity contribution in [3.8, 4) is 0 Å². The molecule has 2 atom stereocenters. The van der Waals surface area contributed by atoms with Gasteiger partial charge in [-0.2, -0.15) is 0 Å². The lowest BCUT2D eigenvalue weighted by molar-refractivity contribution is -0.123. The Kier molecular flexibility index (Phi) is 4.21. The highest BCUT2D eigenvalue weighted by Crippen LogP contribution is 2.66. The summed E-state index contributed by atoms with van der Waals surface area (Å²) in [6.45, 7) is 5.86. The SMILES string of the molecule is CC(C)(C)C(=O)Nc1ccc(C23C[C@@H]4C[C@H](CC(c5ccccc5)(C4)C2)C3)cc1. The third-order valence-electron chi connectivity index (χ3n) is 7.88. The van der Waals surface area contributed by atoms with Crippen LogP contribution in [-0.4, -0.2) is 5.91 Å². The van der Waals surface area contributed by atoms with Gasteiger partial charge in [-0.1, -0.05) is 63.2 Å². The second-order valence-corrected chi connectivity index (χ2v) is 11.2. The Hall–Kier alpha value is -2.09. The molecule has 0 saturated heterocycles. The van der Waals surface area contributed by atoms with Crippen LogP contribution in [0, 0.1) is 17.3 Å². The smallest absolute Gasteiger partial charge is 0.229 e. The quantitative estimate of drug-likeness (QED) is 0.643. The van der Waals surface area contributed by atoms with Crippen LogP contribution in [0.2, 0.25) is 0 Å². The maximum Gasteiger partial charge on any atom is 0.229 e. The van der Waals surface area contributed by atoms with Crippen LogP contribution >= 0.6 is 0 Å². The predicted molar refractivity (Wildman–Crippen MR) is 119 cm³/mol. The number of rotatable bonds is 3. The van der Waals surface area contributed by atoms with Crippen molar-refractivity contribution in [2.75, 3.05) is 5.32 Å². The van der Waals surface area contributed by atoms with Gasteiger partial charge in [0.05, 0.1) is 0 Å². The molecule has 2 aromatic carbocycles. The van der Waals surface area contributed by atoms with Crippen molar-refractivity contribution in [3.63, 3.8) is 0 Å². The second kappa shape index (κ2) is 6.45. The Labute approximate surface area is 175 Å². The molecule has 2 heteroatoms. The van der Waals surface area contributed by atoms with Gasteiger partial charge < -0.3 is 5.32 Å². The highest BCUT2D eigenvalue weighted by molar-refractivity contribution is 5.94. The zero-order valence-corrected chi connectivity index (χ0v) is 18.0. The molecule has 4 aliphatic carbocycles. The summed E-state index contributed by atoms with van der Waals surface area (Å²) >= 11 is 0. The van der Waals surface area contributed by atoms with Crippen LogP contribution in [0.3, 0.4) is 0 Å². The third kappa shape index (κ3) is 3.21. The summed E-state index contributed by atoms with van der Waals surface area (Å²) in [6.07, 6.45) is 8.13. The van der Waals surface area contributed by atoms with Gasteiger partial charge in [0.1, 0.15) is 0 Å². The molecular formula is C27H33NO. The van der Waals surface area contributed by atoms with E-state index in [9.17, 15) is 4.79 Å². The van der Waals surface area contributed by atoms with Crippen molar-refractivity contribution in [1.82, 2.24) is 0 Å². The first-order valence-corrected chi connectivity index (χ1v) is 11.3. The van der Waals surface area contributed by atoms with Gasteiger partial charge in [-0.25, -0.2) is 0 Å². The van der Waals surface area contributed by atoms with Crippen molar-refractivity contribution >= 4 is 11.6 Å². The number of carbonyl (C=O) groups is 1. The lowest BCUT2D eigenvalue weighted by Gasteiger charge is -2.62. The molecule has 0 heterocycles. The van der Waals surface area contributed by atoms with E-state index in [0.717, 1.165) is 17.5 Å². The summed E-state index contributed by atoms with van der Waals surface area (Å²) in [4.78, 5) is 12.3. The molecule has 4 fully saturated rings. The first kappa shape index (κ1) is 18.9. The number of hydrogen-bond donors (Lipinski definition) is 1. The number of anilines is 1. The van der Waals surface area contributed by atoms with Crippen LogP contribution in [0.1, 0.15) is 70.4 Å². The second-order valence-electron chi connectivity index (χ2n) is 11.2. The minimum atomic E-state index is -0.374. The van der Waals surface area contributed by atoms with Crippen LogP contribution in [0.15, 0.2) is 54.6 Å². The fraction of sp³-hybridized carbons (Fsp3) is 0.519. The summed E-state index contributed by atoms with van der Waals surface area (Å²) in [5.74, 6) is 1.79. The number of carbonyl (C=O) groups excluding carboxylic acids is 1. The van der Waals surface area contributed by atoms with E-state index >= 15 is 0 Å². The van der Waals surface area contributed by atoms with E-state index < -0.39 is 0 Å². The minimum Gasteiger partial charge on any atom is -0.326 e. The Balaban J connectivity index is 1.44. The maximum atomic E-state index is 12.3. The molecule has 4 aliphatic rings. The van der Waals surface area contributed by atoms with Gasteiger partial charge >= 0.3 is 0 Å². The molecule has 6 rings (SSSR count). The van der Waals surface area contributed by atoms with Gasteiger partial charge in [-0.15, -0.1) is 0 Å². The van der Waals surface area contributed by atoms with Crippen LogP contribution in [0.4, 0.5) is 5.69 Å². The normalized spacial score (nSPS) is 32.9. The first-order valence-electron chi connectivity index (χ1n) is 11.3. The van der Waals surface area contributed by atoms with E-state index in [0.29, 0.717) is 10.8 Å². The standard InChI is InChI=1S/C27H33NO/c1-25(2,3)24(29)28-23-11-9-22(10-12-23)27-16-19-13-20(17-27)15-26(14-19,18-27)21-7-5-4-6-8-21/h4-12,19-20H,13-18H2,1-3H3,(H,28,29)/t19-,20-,26?,27?/m1/s1. The summed E-state index contributed by atoms with van der Waals surface area (Å²) in [7, 11) is 0. The number of benzene rings is 2. The Morgan fingerprint density at radius 3 is 1.86 bits per heavy atom. The van der Waals surface area contributed by atoms with Gasteiger partial charge in [0.2, 0.25) is 5.91 Å². The Morgan fingerprint density at radius 2 is 1.34 bits per heavy atom. The average molecular weight is 388 g/mol. The van der Waals surface area contributed by atoms with Crippen molar-refractivity contribution in [1.29, 1.82) is 0 Å². The van der Waals surface area contributed by atoms with E-state index in [4.69, 9.17) is 0 Å². The molecule has 29 heavy (non-hydrogen) atoms. The monoisotopic (exact) mass is 387 g/mol. The first-order chi connectivity index (χ1) is 13.8. The molecule has 152 valence electrons. The van der Waals surface area contributed by atoms with Crippen molar-refractivity contribution < 1.29 is 4.79 Å². The topological polar surface area (TPSA) is 29.1 Å². The van der Waals surface area contributed by atoms with Gasteiger partial charge in [-0.3, -0.25) is 4.79 Å². The Morgan fingerprint density at radius 1 is 0.828 bits per heavy atom. The summed E-state index contributed by atoms with van der Waals surface area (Å²) in [5.41, 5.74) is 4.27. The Bertz CT molecular complexity index is 892. The van der Waals surface area contributed by atoms with Crippen LogP contribution in [0.25, 0.3) is 0 Å². The van der Waals surface area contributed by atoms with Gasteiger partial charge in [0, 0.05) is 11.1 Å². The summed E-state index contributed by atoms with van der Waals surface area (Å²) < 4.78 is 0. The molecule has 1 amide bonds. The highest BCUT2D eigenvalue weighted by atomic mass is 16.2. The van der Waals surface area contributed by atoms with E-state index in [1.54, 1.807) is 5.56 Å². The number of amides is 1. The largest absolute Gasteiger partial charge is 0.326 e. The van der Waals surface area contributed by atoms with Crippen molar-refractivity contribution in [2.45, 2.75) is 70.1 Å². The van der Waals surface area contributed by atoms with Gasteiger partial charge in [-0.05, 0) is 84.5 Å². The zero-order chi connectivity index (χ0) is 20.3. The van der Waals surface area contributed by atoms with Crippen LogP contribution in [-0.2, 0) is 15.6 Å². The molecule has 0 aliphatic heterocycles. The van der Waals surface area contributed by atoms with Crippen LogP contribution < -0.4 is 5.32 Å². The molecule has 0 radical (unpaired) electrons. The summed E-state index contributed by atoms with van der Waals surface area (Å²) in [6, 6.07) is 20.1. The van der Waals surface area contributed by atoms with Crippen molar-refractivity contribution in [3.05, 3.63) is 65.7 Å². The molecule has 2 nitrogen and oxygen atoms in total. The highest BCUT2D eigenvalue weighted by Gasteiger charge is 2.58. The average Bonchev–Trinajstić information content (AvgIpc) is 2.67. The van der Waals surface area contributed by atoms with E-state index in [1.807, 2.05) is 20.8 Å². The van der Waals surface area contributed by atoms with Crippen molar-refractivity contribution in [2.24, 2.45) is 17.3 Å². The lowest BCUT2D eigenvalue weighted by Crippen LogP contribution is -2.55. The molecule has 0 spiro atoms. The molecule has 4 saturated carbocycles. The van der Waals surface area contributed by atoms with E-state index in [1.165, 1.54) is 44.1 Å². The summed E-state index contributed by atoms with van der Waals surface area (Å²) in [5, 5.41) is 3.08. The molecule has 0 unspecified atom stereocenters. The molecular weight excluding hydrogens is 354 g/mol. The maximum absolute atomic E-state index is 12.3. The fourth-order valence-corrected chi connectivity index (χ4v) is 6.96. The minimum absolute atomic E-state index is 0.0723. The molecule has 4 bridgehead atoms. The number of nitrogens with one attached hydrogen (secondary N) is 1. The van der Waals surface area contributed by atoms with Gasteiger partial charge in [0.15, 0.2) is 0 Å². The predicted octanol–water partition coefficient (Wildman–Crippen LogP) is 6.46. The molecule has 1 N–H and O–H groups in total. The number of hydrogen-bond acceptors (Lipinski definition) is 1. The van der Waals surface area contributed by atoms with Gasteiger partial charge in [0.25, 0.3) is 0 Å². The zero-order valence-electron chi connectivity index (χ0n) is 18.0.